The molecule has 0 N–H and O–H groups in total. The van der Waals surface area contributed by atoms with Gasteiger partial charge in [-0.15, -0.1) is 0 Å². The fourth-order valence-electron chi connectivity index (χ4n) is 3.93. The first-order valence-electron chi connectivity index (χ1n) is 9.97. The Morgan fingerprint density at radius 3 is 2.17 bits per heavy atom. The molecule has 0 radical (unpaired) electrons. The van der Waals surface area contributed by atoms with E-state index in [1.165, 1.54) is 0 Å². The average Bonchev–Trinajstić information content (AvgIpc) is 2.97. The Labute approximate surface area is 177 Å². The molecule has 1 amide bonds. The molecule has 0 aromatic heterocycles. The van der Waals surface area contributed by atoms with E-state index in [-0.39, 0.29) is 18.1 Å². The van der Waals surface area contributed by atoms with Crippen LogP contribution in [0, 0.1) is 10.1 Å². The summed E-state index contributed by atoms with van der Waals surface area (Å²) in [6.07, 6.45) is -0.476. The maximum absolute atomic E-state index is 13.1. The third-order valence-electron chi connectivity index (χ3n) is 5.60. The number of nitrogens with zero attached hydrogens (tertiary/aromatic N) is 4. The number of alkyl halides is 3. The van der Waals surface area contributed by atoms with Crippen LogP contribution in [0.1, 0.15) is 31.2 Å². The molecule has 2 aliphatic heterocycles. The molecule has 1 aromatic carbocycles. The smallest absolute Gasteiger partial charge is 0.363 e. The van der Waals surface area contributed by atoms with E-state index in [0.717, 1.165) is 44.8 Å². The van der Waals surface area contributed by atoms with E-state index in [1.807, 2.05) is 9.80 Å². The van der Waals surface area contributed by atoms with Gasteiger partial charge in [0, 0.05) is 45.3 Å². The van der Waals surface area contributed by atoms with Crippen molar-refractivity contribution in [1.29, 1.82) is 0 Å². The van der Waals surface area contributed by atoms with Gasteiger partial charge in [0.25, 0.3) is 5.69 Å². The Morgan fingerprint density at radius 1 is 1.03 bits per heavy atom. The Kier molecular flexibility index (Phi) is 7.07. The van der Waals surface area contributed by atoms with E-state index in [9.17, 15) is 28.1 Å². The van der Waals surface area contributed by atoms with Crippen LogP contribution >= 0.6 is 11.6 Å². The number of halogens is 4. The number of carbonyl (C=O) groups is 1. The maximum Gasteiger partial charge on any atom is 0.418 e. The molecule has 166 valence electrons. The molecule has 2 fully saturated rings. The lowest BCUT2D eigenvalue weighted by Gasteiger charge is -2.36. The van der Waals surface area contributed by atoms with Crippen molar-refractivity contribution >= 4 is 28.9 Å². The Hall–Kier alpha value is -2.07. The minimum Gasteiger partial charge on any atom is -0.363 e. The van der Waals surface area contributed by atoms with Gasteiger partial charge in [-0.3, -0.25) is 19.8 Å². The van der Waals surface area contributed by atoms with Crippen molar-refractivity contribution in [2.45, 2.75) is 31.9 Å². The number of anilines is 1. The van der Waals surface area contributed by atoms with E-state index < -0.39 is 27.4 Å². The minimum absolute atomic E-state index is 0.0662. The molecule has 0 spiro atoms. The van der Waals surface area contributed by atoms with Crippen LogP contribution in [-0.4, -0.2) is 66.4 Å². The van der Waals surface area contributed by atoms with Crippen molar-refractivity contribution in [3.8, 4) is 0 Å². The molecule has 0 aliphatic carbocycles. The minimum atomic E-state index is -4.77. The molecule has 0 atom stereocenters. The molecule has 2 aliphatic rings. The van der Waals surface area contributed by atoms with Crippen LogP contribution in [0.5, 0.6) is 0 Å². The summed E-state index contributed by atoms with van der Waals surface area (Å²) in [7, 11) is 0. The van der Waals surface area contributed by atoms with E-state index >= 15 is 0 Å². The molecule has 0 unspecified atom stereocenters. The van der Waals surface area contributed by atoms with Crippen LogP contribution in [0.4, 0.5) is 24.5 Å². The number of nitro benzene ring substituents is 1. The number of carbonyl (C=O) groups excluding carboxylic acids is 1. The fourth-order valence-corrected chi connectivity index (χ4v) is 4.19. The van der Waals surface area contributed by atoms with Gasteiger partial charge < -0.3 is 9.80 Å². The molecular formula is C19H24ClF3N4O3. The van der Waals surface area contributed by atoms with Gasteiger partial charge in [0.05, 0.1) is 22.1 Å². The summed E-state index contributed by atoms with van der Waals surface area (Å²) in [6.45, 7) is 3.50. The molecule has 2 saturated heterocycles. The Bertz CT molecular complexity index is 790. The van der Waals surface area contributed by atoms with Gasteiger partial charge in [0.2, 0.25) is 5.91 Å². The highest BCUT2D eigenvalue weighted by Gasteiger charge is 2.37. The summed E-state index contributed by atoms with van der Waals surface area (Å²) in [5.74, 6) is 0.0777. The molecule has 3 rings (SSSR count). The molecule has 0 bridgehead atoms. The predicted molar refractivity (Wildman–Crippen MR) is 107 cm³/mol. The highest BCUT2D eigenvalue weighted by atomic mass is 35.5. The van der Waals surface area contributed by atoms with Crippen molar-refractivity contribution in [2.75, 3.05) is 50.7 Å². The SMILES string of the molecule is O=C(CN1CCN(c2cc(Cl)c(C(F)(F)F)cc2[N+](=O)[O-])CC1)N1CCCCCC1. The van der Waals surface area contributed by atoms with Crippen molar-refractivity contribution in [3.05, 3.63) is 32.8 Å². The van der Waals surface area contributed by atoms with Crippen LogP contribution in [-0.2, 0) is 11.0 Å². The highest BCUT2D eigenvalue weighted by molar-refractivity contribution is 6.31. The Balaban J connectivity index is 1.66. The first kappa shape index (κ1) is 22.6. The number of nitro groups is 1. The molecule has 7 nitrogen and oxygen atoms in total. The zero-order valence-corrected chi connectivity index (χ0v) is 17.2. The van der Waals surface area contributed by atoms with Gasteiger partial charge >= 0.3 is 6.18 Å². The first-order chi connectivity index (χ1) is 14.2. The van der Waals surface area contributed by atoms with E-state index in [1.54, 1.807) is 4.90 Å². The lowest BCUT2D eigenvalue weighted by Crippen LogP contribution is -2.50. The van der Waals surface area contributed by atoms with E-state index in [2.05, 4.69) is 0 Å². The van der Waals surface area contributed by atoms with Crippen molar-refractivity contribution < 1.29 is 22.9 Å². The summed E-state index contributed by atoms with van der Waals surface area (Å²) in [5, 5.41) is 10.8. The summed E-state index contributed by atoms with van der Waals surface area (Å²) < 4.78 is 39.2. The molecule has 0 saturated carbocycles. The van der Waals surface area contributed by atoms with Gasteiger partial charge in [-0.05, 0) is 18.9 Å². The van der Waals surface area contributed by atoms with Crippen LogP contribution < -0.4 is 4.90 Å². The van der Waals surface area contributed by atoms with Gasteiger partial charge in [0.15, 0.2) is 0 Å². The third-order valence-corrected chi connectivity index (χ3v) is 5.91. The largest absolute Gasteiger partial charge is 0.418 e. The van der Waals surface area contributed by atoms with Crippen LogP contribution in [0.25, 0.3) is 0 Å². The van der Waals surface area contributed by atoms with Crippen molar-refractivity contribution in [3.63, 3.8) is 0 Å². The number of benzene rings is 1. The lowest BCUT2D eigenvalue weighted by atomic mass is 10.1. The van der Waals surface area contributed by atoms with Crippen LogP contribution in [0.2, 0.25) is 5.02 Å². The predicted octanol–water partition coefficient (Wildman–Crippen LogP) is 3.79. The fraction of sp³-hybridized carbons (Fsp3) is 0.632. The maximum atomic E-state index is 13.1. The summed E-state index contributed by atoms with van der Waals surface area (Å²) in [5.41, 5.74) is -1.78. The average molecular weight is 449 g/mol. The second-order valence-electron chi connectivity index (χ2n) is 7.63. The normalized spacial score (nSPS) is 18.9. The topological polar surface area (TPSA) is 69.9 Å². The number of hydrogen-bond acceptors (Lipinski definition) is 5. The highest BCUT2D eigenvalue weighted by Crippen LogP contribution is 2.41. The number of hydrogen-bond donors (Lipinski definition) is 0. The number of amides is 1. The third kappa shape index (κ3) is 5.34. The van der Waals surface area contributed by atoms with Crippen molar-refractivity contribution in [2.24, 2.45) is 0 Å². The van der Waals surface area contributed by atoms with Crippen LogP contribution in [0.3, 0.4) is 0 Å². The Morgan fingerprint density at radius 2 is 1.63 bits per heavy atom. The summed E-state index contributed by atoms with van der Waals surface area (Å²) in [6, 6.07) is 1.51. The molecular weight excluding hydrogens is 425 g/mol. The number of rotatable bonds is 4. The molecule has 1 aromatic rings. The summed E-state index contributed by atoms with van der Waals surface area (Å²) >= 11 is 5.78. The number of likely N-dealkylation sites (tertiary alicyclic amines) is 1. The van der Waals surface area contributed by atoms with E-state index in [4.69, 9.17) is 11.6 Å². The summed E-state index contributed by atoms with van der Waals surface area (Å²) in [4.78, 5) is 28.6. The first-order valence-corrected chi connectivity index (χ1v) is 10.3. The van der Waals surface area contributed by atoms with Gasteiger partial charge in [0.1, 0.15) is 5.69 Å². The van der Waals surface area contributed by atoms with Gasteiger partial charge in [-0.1, -0.05) is 24.4 Å². The number of piperazine rings is 1. The second kappa shape index (κ2) is 9.38. The van der Waals surface area contributed by atoms with Gasteiger partial charge in [-0.2, -0.15) is 13.2 Å². The molecule has 2 heterocycles. The standard InChI is InChI=1S/C19H24ClF3N4O3/c20-15-12-16(17(27(29)30)11-14(15)19(21,22)23)25-9-7-24(8-10-25)13-18(28)26-5-3-1-2-4-6-26/h11-12H,1-10,13H2. The monoisotopic (exact) mass is 448 g/mol. The zero-order valence-electron chi connectivity index (χ0n) is 16.5. The zero-order chi connectivity index (χ0) is 21.9. The van der Waals surface area contributed by atoms with Gasteiger partial charge in [-0.25, -0.2) is 0 Å². The molecule has 30 heavy (non-hydrogen) atoms. The molecule has 11 heteroatoms. The second-order valence-corrected chi connectivity index (χ2v) is 8.04. The van der Waals surface area contributed by atoms with E-state index in [0.29, 0.717) is 32.2 Å². The van der Waals surface area contributed by atoms with Crippen molar-refractivity contribution in [1.82, 2.24) is 9.80 Å². The van der Waals surface area contributed by atoms with Crippen LogP contribution in [0.15, 0.2) is 12.1 Å². The lowest BCUT2D eigenvalue weighted by molar-refractivity contribution is -0.384. The quantitative estimate of drug-likeness (QED) is 0.517.